The number of aromatic amines is 1. The molecule has 0 aliphatic heterocycles. The number of nitrogens with zero attached hydrogens (tertiary/aromatic N) is 1. The first-order chi connectivity index (χ1) is 6.68. The Morgan fingerprint density at radius 3 is 2.93 bits per heavy atom. The lowest BCUT2D eigenvalue weighted by molar-refractivity contribution is 0.589. The van der Waals surface area contributed by atoms with Crippen LogP contribution in [-0.2, 0) is 0 Å². The van der Waals surface area contributed by atoms with Crippen LogP contribution in [0, 0.1) is 12.7 Å². The molecule has 72 valence electrons. The van der Waals surface area contributed by atoms with E-state index in [1.54, 1.807) is 0 Å². The van der Waals surface area contributed by atoms with Gasteiger partial charge < -0.3 is 4.98 Å². The summed E-state index contributed by atoms with van der Waals surface area (Å²) in [7, 11) is 0. The number of aryl methyl sites for hydroxylation is 1. The molecule has 14 heavy (non-hydrogen) atoms. The van der Waals surface area contributed by atoms with E-state index in [0.717, 1.165) is 4.88 Å². The van der Waals surface area contributed by atoms with Crippen molar-refractivity contribution in [2.75, 3.05) is 0 Å². The Labute approximate surface area is 83.3 Å². The molecule has 2 rings (SSSR count). The SMILES string of the molecule is Cc1nc(-c2cccs2)[nH]c(=O)c1F. The minimum absolute atomic E-state index is 0.122. The van der Waals surface area contributed by atoms with Crippen molar-refractivity contribution in [2.24, 2.45) is 0 Å². The molecule has 2 aromatic rings. The van der Waals surface area contributed by atoms with Crippen LogP contribution in [0.25, 0.3) is 10.7 Å². The molecule has 0 radical (unpaired) electrons. The molecular formula is C9H7FN2OS. The minimum Gasteiger partial charge on any atom is -0.303 e. The monoisotopic (exact) mass is 210 g/mol. The third-order valence-electron chi connectivity index (χ3n) is 1.78. The Bertz CT molecular complexity index is 504. The van der Waals surface area contributed by atoms with Gasteiger partial charge in [-0.2, -0.15) is 4.39 Å². The van der Waals surface area contributed by atoms with Crippen LogP contribution in [0.15, 0.2) is 22.3 Å². The molecule has 0 atom stereocenters. The molecular weight excluding hydrogens is 203 g/mol. The molecule has 0 aromatic carbocycles. The summed E-state index contributed by atoms with van der Waals surface area (Å²) >= 11 is 1.44. The Morgan fingerprint density at radius 1 is 1.57 bits per heavy atom. The van der Waals surface area contributed by atoms with Crippen molar-refractivity contribution < 1.29 is 4.39 Å². The maximum Gasteiger partial charge on any atom is 0.287 e. The Balaban J connectivity index is 2.63. The number of H-pyrrole nitrogens is 1. The molecule has 0 amide bonds. The van der Waals surface area contributed by atoms with Gasteiger partial charge in [-0.25, -0.2) is 4.98 Å². The van der Waals surface area contributed by atoms with Gasteiger partial charge in [-0.3, -0.25) is 4.79 Å². The average Bonchev–Trinajstić information content (AvgIpc) is 2.66. The van der Waals surface area contributed by atoms with Gasteiger partial charge in [0.15, 0.2) is 5.82 Å². The van der Waals surface area contributed by atoms with E-state index in [4.69, 9.17) is 0 Å². The van der Waals surface area contributed by atoms with Crippen molar-refractivity contribution >= 4 is 11.3 Å². The van der Waals surface area contributed by atoms with E-state index in [9.17, 15) is 9.18 Å². The smallest absolute Gasteiger partial charge is 0.287 e. The number of rotatable bonds is 1. The molecule has 0 spiro atoms. The van der Waals surface area contributed by atoms with E-state index in [1.807, 2.05) is 17.5 Å². The van der Waals surface area contributed by atoms with Crippen molar-refractivity contribution in [2.45, 2.75) is 6.92 Å². The molecule has 0 saturated carbocycles. The van der Waals surface area contributed by atoms with Gasteiger partial charge in [-0.1, -0.05) is 6.07 Å². The van der Waals surface area contributed by atoms with Crippen molar-refractivity contribution in [3.8, 4) is 10.7 Å². The molecule has 0 aliphatic rings. The van der Waals surface area contributed by atoms with Gasteiger partial charge in [-0.15, -0.1) is 11.3 Å². The summed E-state index contributed by atoms with van der Waals surface area (Å²) in [5, 5.41) is 1.87. The molecule has 3 nitrogen and oxygen atoms in total. The predicted molar refractivity (Wildman–Crippen MR) is 52.9 cm³/mol. The second kappa shape index (κ2) is 3.34. The predicted octanol–water partition coefficient (Wildman–Crippen LogP) is 1.95. The van der Waals surface area contributed by atoms with Crippen molar-refractivity contribution in [1.82, 2.24) is 9.97 Å². The van der Waals surface area contributed by atoms with Gasteiger partial charge in [0, 0.05) is 0 Å². The zero-order chi connectivity index (χ0) is 10.1. The Morgan fingerprint density at radius 2 is 2.36 bits per heavy atom. The highest BCUT2D eigenvalue weighted by Crippen LogP contribution is 2.19. The van der Waals surface area contributed by atoms with E-state index in [1.165, 1.54) is 18.3 Å². The van der Waals surface area contributed by atoms with Crippen LogP contribution in [0.1, 0.15) is 5.69 Å². The van der Waals surface area contributed by atoms with Crippen LogP contribution >= 0.6 is 11.3 Å². The maximum atomic E-state index is 12.9. The van der Waals surface area contributed by atoms with Gasteiger partial charge in [0.05, 0.1) is 10.6 Å². The first-order valence-electron chi connectivity index (χ1n) is 3.99. The number of halogens is 1. The molecule has 0 aliphatic carbocycles. The summed E-state index contributed by atoms with van der Waals surface area (Å²) in [5.74, 6) is -0.394. The summed E-state index contributed by atoms with van der Waals surface area (Å²) in [6.45, 7) is 1.47. The second-order valence-corrected chi connectivity index (χ2v) is 3.74. The van der Waals surface area contributed by atoms with Crippen molar-refractivity contribution in [3.63, 3.8) is 0 Å². The largest absolute Gasteiger partial charge is 0.303 e. The molecule has 0 fully saturated rings. The number of thiophene rings is 1. The second-order valence-electron chi connectivity index (χ2n) is 2.79. The summed E-state index contributed by atoms with van der Waals surface area (Å²) < 4.78 is 12.9. The molecule has 2 aromatic heterocycles. The van der Waals surface area contributed by atoms with Crippen LogP contribution < -0.4 is 5.56 Å². The van der Waals surface area contributed by atoms with E-state index < -0.39 is 11.4 Å². The fourth-order valence-corrected chi connectivity index (χ4v) is 1.77. The molecule has 2 heterocycles. The topological polar surface area (TPSA) is 45.8 Å². The summed E-state index contributed by atoms with van der Waals surface area (Å²) in [6, 6.07) is 3.67. The highest BCUT2D eigenvalue weighted by Gasteiger charge is 2.08. The fourth-order valence-electron chi connectivity index (χ4n) is 1.10. The van der Waals surface area contributed by atoms with Crippen LogP contribution in [0.5, 0.6) is 0 Å². The quantitative estimate of drug-likeness (QED) is 0.781. The zero-order valence-corrected chi connectivity index (χ0v) is 8.19. The average molecular weight is 210 g/mol. The minimum atomic E-state index is -0.815. The summed E-state index contributed by atoms with van der Waals surface area (Å²) in [4.78, 5) is 18.3. The first-order valence-corrected chi connectivity index (χ1v) is 4.87. The van der Waals surface area contributed by atoms with E-state index in [0.29, 0.717) is 5.82 Å². The van der Waals surface area contributed by atoms with E-state index in [-0.39, 0.29) is 5.69 Å². The standard InChI is InChI=1S/C9H7FN2OS/c1-5-7(10)9(13)12-8(11-5)6-3-2-4-14-6/h2-4H,1H3,(H,11,12,13). The van der Waals surface area contributed by atoms with Crippen LogP contribution in [0.2, 0.25) is 0 Å². The Kier molecular flexibility index (Phi) is 2.17. The van der Waals surface area contributed by atoms with Crippen LogP contribution in [-0.4, -0.2) is 9.97 Å². The van der Waals surface area contributed by atoms with Crippen LogP contribution in [0.3, 0.4) is 0 Å². The lowest BCUT2D eigenvalue weighted by Gasteiger charge is -1.98. The number of hydrogen-bond acceptors (Lipinski definition) is 3. The third kappa shape index (κ3) is 1.46. The number of nitrogens with one attached hydrogen (secondary N) is 1. The molecule has 0 unspecified atom stereocenters. The van der Waals surface area contributed by atoms with Gasteiger partial charge >= 0.3 is 0 Å². The fraction of sp³-hybridized carbons (Fsp3) is 0.111. The van der Waals surface area contributed by atoms with Crippen molar-refractivity contribution in [3.05, 3.63) is 39.4 Å². The third-order valence-corrected chi connectivity index (χ3v) is 2.66. The molecule has 1 N–H and O–H groups in total. The molecule has 5 heteroatoms. The van der Waals surface area contributed by atoms with Gasteiger partial charge in [-0.05, 0) is 18.4 Å². The van der Waals surface area contributed by atoms with Crippen LogP contribution in [0.4, 0.5) is 4.39 Å². The van der Waals surface area contributed by atoms with Gasteiger partial charge in [0.25, 0.3) is 5.56 Å². The summed E-state index contributed by atoms with van der Waals surface area (Å²) in [6.07, 6.45) is 0. The summed E-state index contributed by atoms with van der Waals surface area (Å²) in [5.41, 5.74) is -0.599. The lowest BCUT2D eigenvalue weighted by atomic mass is 10.4. The Hall–Kier alpha value is -1.49. The van der Waals surface area contributed by atoms with Gasteiger partial charge in [0.1, 0.15) is 0 Å². The number of hydrogen-bond donors (Lipinski definition) is 1. The van der Waals surface area contributed by atoms with Gasteiger partial charge in [0.2, 0.25) is 5.82 Å². The highest BCUT2D eigenvalue weighted by molar-refractivity contribution is 7.13. The normalized spacial score (nSPS) is 10.4. The van der Waals surface area contributed by atoms with Crippen molar-refractivity contribution in [1.29, 1.82) is 0 Å². The zero-order valence-electron chi connectivity index (χ0n) is 7.37. The molecule has 0 bridgehead atoms. The molecule has 0 saturated heterocycles. The number of aromatic nitrogens is 2. The maximum absolute atomic E-state index is 12.9. The van der Waals surface area contributed by atoms with E-state index >= 15 is 0 Å². The first kappa shape index (κ1) is 9.08. The van der Waals surface area contributed by atoms with E-state index in [2.05, 4.69) is 9.97 Å². The highest BCUT2D eigenvalue weighted by atomic mass is 32.1. The lowest BCUT2D eigenvalue weighted by Crippen LogP contribution is -2.15.